The number of carbonyl (C=O) groups excluding carboxylic acids is 1. The highest BCUT2D eigenvalue weighted by Crippen LogP contribution is 2.22. The Kier molecular flexibility index (Phi) is 9.92. The quantitative estimate of drug-likeness (QED) is 0.722. The Bertz CT molecular complexity index is 634. The minimum Gasteiger partial charge on any atom is -0.351 e. The molecule has 0 saturated carbocycles. The molecule has 1 fully saturated rings. The fourth-order valence-electron chi connectivity index (χ4n) is 2.51. The SMILES string of the molecule is Cl.Cl.O=C(NCCCN1CCNCC1)c1cnc(-c2ccccn2)s1. The molecule has 25 heavy (non-hydrogen) atoms. The van der Waals surface area contributed by atoms with E-state index in [9.17, 15) is 4.79 Å². The number of nitrogens with zero attached hydrogens (tertiary/aromatic N) is 3. The van der Waals surface area contributed by atoms with Gasteiger partial charge in [0.05, 0.1) is 11.9 Å². The molecule has 0 aliphatic carbocycles. The van der Waals surface area contributed by atoms with Crippen LogP contribution in [0.5, 0.6) is 0 Å². The van der Waals surface area contributed by atoms with Crippen LogP contribution in [-0.4, -0.2) is 60.0 Å². The summed E-state index contributed by atoms with van der Waals surface area (Å²) in [6.45, 7) is 6.03. The molecule has 1 amide bonds. The lowest BCUT2D eigenvalue weighted by molar-refractivity contribution is 0.0955. The molecule has 0 unspecified atom stereocenters. The van der Waals surface area contributed by atoms with Crippen molar-refractivity contribution in [2.45, 2.75) is 6.42 Å². The summed E-state index contributed by atoms with van der Waals surface area (Å²) in [5.41, 5.74) is 0.801. The van der Waals surface area contributed by atoms with E-state index in [2.05, 4.69) is 25.5 Å². The van der Waals surface area contributed by atoms with Crippen molar-refractivity contribution in [3.05, 3.63) is 35.5 Å². The van der Waals surface area contributed by atoms with Crippen molar-refractivity contribution in [3.63, 3.8) is 0 Å². The average Bonchev–Trinajstić information content (AvgIpc) is 3.10. The Morgan fingerprint density at radius 1 is 1.24 bits per heavy atom. The second-order valence-corrected chi connectivity index (χ2v) is 6.48. The van der Waals surface area contributed by atoms with Crippen LogP contribution in [0.15, 0.2) is 30.6 Å². The van der Waals surface area contributed by atoms with Crippen LogP contribution in [0.1, 0.15) is 16.1 Å². The lowest BCUT2D eigenvalue weighted by Crippen LogP contribution is -2.44. The van der Waals surface area contributed by atoms with E-state index in [-0.39, 0.29) is 30.7 Å². The molecular formula is C16H23Cl2N5OS. The van der Waals surface area contributed by atoms with Gasteiger partial charge in [-0.25, -0.2) is 4.98 Å². The normalized spacial score (nSPS) is 14.2. The Balaban J connectivity index is 0.00000156. The molecule has 6 nitrogen and oxygen atoms in total. The molecule has 1 saturated heterocycles. The maximum atomic E-state index is 12.2. The van der Waals surface area contributed by atoms with Gasteiger partial charge < -0.3 is 15.5 Å². The second-order valence-electron chi connectivity index (χ2n) is 5.45. The first kappa shape index (κ1) is 21.8. The zero-order valence-electron chi connectivity index (χ0n) is 13.8. The van der Waals surface area contributed by atoms with Gasteiger partial charge in [0.15, 0.2) is 0 Å². The highest BCUT2D eigenvalue weighted by molar-refractivity contribution is 7.16. The number of thiazole rings is 1. The Morgan fingerprint density at radius 3 is 2.76 bits per heavy atom. The zero-order chi connectivity index (χ0) is 15.9. The predicted molar refractivity (Wildman–Crippen MR) is 106 cm³/mol. The third-order valence-corrected chi connectivity index (χ3v) is 4.78. The molecule has 2 aromatic rings. The van der Waals surface area contributed by atoms with E-state index in [0.29, 0.717) is 11.4 Å². The van der Waals surface area contributed by atoms with Crippen molar-refractivity contribution < 1.29 is 4.79 Å². The molecule has 1 aliphatic heterocycles. The van der Waals surface area contributed by atoms with Gasteiger partial charge in [0.25, 0.3) is 5.91 Å². The first-order valence-corrected chi connectivity index (χ1v) is 8.73. The highest BCUT2D eigenvalue weighted by atomic mass is 35.5. The van der Waals surface area contributed by atoms with Gasteiger partial charge in [-0.1, -0.05) is 6.07 Å². The van der Waals surface area contributed by atoms with Gasteiger partial charge in [-0.05, 0) is 25.1 Å². The van der Waals surface area contributed by atoms with Gasteiger partial charge in [-0.2, -0.15) is 0 Å². The third-order valence-electron chi connectivity index (χ3n) is 3.76. The first-order valence-electron chi connectivity index (χ1n) is 7.91. The molecule has 0 radical (unpaired) electrons. The number of piperazine rings is 1. The van der Waals surface area contributed by atoms with Gasteiger partial charge >= 0.3 is 0 Å². The average molecular weight is 404 g/mol. The molecule has 3 rings (SSSR count). The molecule has 0 bridgehead atoms. The molecule has 3 heterocycles. The summed E-state index contributed by atoms with van der Waals surface area (Å²) in [4.78, 5) is 23.8. The summed E-state index contributed by atoms with van der Waals surface area (Å²) in [5, 5.41) is 7.09. The molecule has 9 heteroatoms. The number of amides is 1. The van der Waals surface area contributed by atoms with Crippen LogP contribution in [-0.2, 0) is 0 Å². The maximum Gasteiger partial charge on any atom is 0.263 e. The zero-order valence-corrected chi connectivity index (χ0v) is 16.3. The lowest BCUT2D eigenvalue weighted by Gasteiger charge is -2.26. The van der Waals surface area contributed by atoms with Crippen LogP contribution in [0.2, 0.25) is 0 Å². The summed E-state index contributed by atoms with van der Waals surface area (Å²) in [5.74, 6) is -0.0509. The molecule has 0 spiro atoms. The van der Waals surface area contributed by atoms with Crippen LogP contribution in [0.25, 0.3) is 10.7 Å². The van der Waals surface area contributed by atoms with E-state index >= 15 is 0 Å². The molecule has 0 aromatic carbocycles. The molecule has 2 aromatic heterocycles. The van der Waals surface area contributed by atoms with Crippen molar-refractivity contribution in [1.82, 2.24) is 25.5 Å². The topological polar surface area (TPSA) is 70.2 Å². The van der Waals surface area contributed by atoms with E-state index in [1.165, 1.54) is 11.3 Å². The summed E-state index contributed by atoms with van der Waals surface area (Å²) in [7, 11) is 0. The van der Waals surface area contributed by atoms with E-state index < -0.39 is 0 Å². The van der Waals surface area contributed by atoms with Crippen molar-refractivity contribution >= 4 is 42.1 Å². The van der Waals surface area contributed by atoms with Gasteiger partial charge in [0.1, 0.15) is 9.88 Å². The van der Waals surface area contributed by atoms with E-state index in [1.54, 1.807) is 12.4 Å². The van der Waals surface area contributed by atoms with E-state index in [4.69, 9.17) is 0 Å². The van der Waals surface area contributed by atoms with Crippen LogP contribution >= 0.6 is 36.2 Å². The van der Waals surface area contributed by atoms with Crippen molar-refractivity contribution in [2.24, 2.45) is 0 Å². The number of rotatable bonds is 6. The fraction of sp³-hybridized carbons (Fsp3) is 0.438. The van der Waals surface area contributed by atoms with E-state index in [0.717, 1.165) is 49.8 Å². The van der Waals surface area contributed by atoms with Crippen molar-refractivity contribution in [1.29, 1.82) is 0 Å². The largest absolute Gasteiger partial charge is 0.351 e. The van der Waals surface area contributed by atoms with Gasteiger partial charge in [0, 0.05) is 38.9 Å². The number of hydrogen-bond donors (Lipinski definition) is 2. The second kappa shape index (κ2) is 11.4. The number of pyridine rings is 1. The monoisotopic (exact) mass is 403 g/mol. The summed E-state index contributed by atoms with van der Waals surface area (Å²) < 4.78 is 0. The van der Waals surface area contributed by atoms with Crippen LogP contribution in [0.3, 0.4) is 0 Å². The molecule has 2 N–H and O–H groups in total. The van der Waals surface area contributed by atoms with Crippen LogP contribution in [0, 0.1) is 0 Å². The standard InChI is InChI=1S/C16H21N5OS.2ClH/c22-15(19-6-3-9-21-10-7-17-8-11-21)14-12-20-16(23-14)13-4-1-2-5-18-13;;/h1-2,4-5,12,17H,3,6-11H2,(H,19,22);2*1H. The maximum absolute atomic E-state index is 12.2. The van der Waals surface area contributed by atoms with Crippen molar-refractivity contribution in [3.8, 4) is 10.7 Å². The molecular weight excluding hydrogens is 381 g/mol. The number of hydrogen-bond acceptors (Lipinski definition) is 6. The summed E-state index contributed by atoms with van der Waals surface area (Å²) in [6.07, 6.45) is 4.32. The van der Waals surface area contributed by atoms with Gasteiger partial charge in [-0.15, -0.1) is 36.2 Å². The molecule has 0 atom stereocenters. The van der Waals surface area contributed by atoms with Gasteiger partial charge in [-0.3, -0.25) is 9.78 Å². The highest BCUT2D eigenvalue weighted by Gasteiger charge is 2.12. The lowest BCUT2D eigenvalue weighted by atomic mass is 10.3. The third kappa shape index (κ3) is 6.52. The predicted octanol–water partition coefficient (Wildman–Crippen LogP) is 2.07. The summed E-state index contributed by atoms with van der Waals surface area (Å²) in [6, 6.07) is 5.68. The number of halogens is 2. The fourth-order valence-corrected chi connectivity index (χ4v) is 3.32. The minimum absolute atomic E-state index is 0. The minimum atomic E-state index is -0.0509. The number of carbonyl (C=O) groups is 1. The Hall–Kier alpha value is -1.25. The smallest absolute Gasteiger partial charge is 0.263 e. The number of nitrogens with one attached hydrogen (secondary N) is 2. The Labute approximate surface area is 164 Å². The number of aromatic nitrogens is 2. The van der Waals surface area contributed by atoms with Crippen LogP contribution < -0.4 is 10.6 Å². The molecule has 138 valence electrons. The summed E-state index contributed by atoms with van der Waals surface area (Å²) >= 11 is 1.38. The Morgan fingerprint density at radius 2 is 2.04 bits per heavy atom. The molecule has 1 aliphatic rings. The van der Waals surface area contributed by atoms with Crippen LogP contribution in [0.4, 0.5) is 0 Å². The first-order chi connectivity index (χ1) is 11.3. The van der Waals surface area contributed by atoms with Crippen molar-refractivity contribution in [2.75, 3.05) is 39.3 Å². The van der Waals surface area contributed by atoms with E-state index in [1.807, 2.05) is 18.2 Å². The van der Waals surface area contributed by atoms with Gasteiger partial charge in [0.2, 0.25) is 0 Å².